The van der Waals surface area contributed by atoms with Crippen LogP contribution in [0.25, 0.3) is 0 Å². The van der Waals surface area contributed by atoms with Crippen LogP contribution < -0.4 is 15.2 Å². The van der Waals surface area contributed by atoms with Gasteiger partial charge in [0.15, 0.2) is 11.5 Å². The van der Waals surface area contributed by atoms with Gasteiger partial charge in [0, 0.05) is 24.6 Å². The third-order valence-corrected chi connectivity index (χ3v) is 4.47. The molecule has 0 bridgehead atoms. The molecular formula is C18H25ClN2O4. The van der Waals surface area contributed by atoms with Crippen molar-refractivity contribution < 1.29 is 19.1 Å². The highest BCUT2D eigenvalue weighted by Gasteiger charge is 2.27. The number of carbonyl (C=O) groups excluding carboxylic acids is 2. The molecule has 0 radical (unpaired) electrons. The Morgan fingerprint density at radius 1 is 1.24 bits per heavy atom. The number of ether oxygens (including phenoxy) is 2. The lowest BCUT2D eigenvalue weighted by atomic mass is 9.96. The van der Waals surface area contributed by atoms with Gasteiger partial charge in [-0.1, -0.05) is 18.5 Å². The molecule has 7 heteroatoms. The molecule has 2 N–H and O–H groups in total. The Balaban J connectivity index is 2.18. The molecule has 1 heterocycles. The molecule has 0 spiro atoms. The molecular weight excluding hydrogens is 344 g/mol. The molecule has 2 rings (SSSR count). The van der Waals surface area contributed by atoms with Gasteiger partial charge in [0.05, 0.1) is 18.2 Å². The average molecular weight is 369 g/mol. The minimum Gasteiger partial charge on any atom is -0.490 e. The summed E-state index contributed by atoms with van der Waals surface area (Å²) in [7, 11) is 0. The first-order valence-electron chi connectivity index (χ1n) is 8.65. The third kappa shape index (κ3) is 4.78. The molecule has 1 aromatic rings. The highest BCUT2D eigenvalue weighted by molar-refractivity contribution is 6.32. The smallest absolute Gasteiger partial charge is 0.254 e. The van der Waals surface area contributed by atoms with Crippen LogP contribution in [0.15, 0.2) is 12.1 Å². The fourth-order valence-corrected chi connectivity index (χ4v) is 3.11. The standard InChI is InChI=1S/C18H25ClN2O4/c1-3-9-25-16-14(19)10-13(11-15(16)24-4-2)18(23)21-7-5-12(6-8-21)17(20)22/h10-12H,3-9H2,1-2H3,(H2,20,22). The van der Waals surface area contributed by atoms with Gasteiger partial charge in [-0.3, -0.25) is 9.59 Å². The molecule has 1 aliphatic heterocycles. The molecule has 0 aliphatic carbocycles. The van der Waals surface area contributed by atoms with E-state index in [0.717, 1.165) is 6.42 Å². The van der Waals surface area contributed by atoms with E-state index in [1.165, 1.54) is 0 Å². The Bertz CT molecular complexity index is 628. The number of amides is 2. The second-order valence-corrected chi connectivity index (χ2v) is 6.44. The fourth-order valence-electron chi connectivity index (χ4n) is 2.85. The monoisotopic (exact) mass is 368 g/mol. The average Bonchev–Trinajstić information content (AvgIpc) is 2.60. The first kappa shape index (κ1) is 19.4. The highest BCUT2D eigenvalue weighted by atomic mass is 35.5. The van der Waals surface area contributed by atoms with Crippen molar-refractivity contribution in [3.8, 4) is 11.5 Å². The number of carbonyl (C=O) groups is 2. The summed E-state index contributed by atoms with van der Waals surface area (Å²) in [5.74, 6) is 0.351. The summed E-state index contributed by atoms with van der Waals surface area (Å²) in [6, 6.07) is 3.28. The van der Waals surface area contributed by atoms with Crippen LogP contribution in [0.4, 0.5) is 0 Å². The normalized spacial score (nSPS) is 15.1. The van der Waals surface area contributed by atoms with Crippen LogP contribution >= 0.6 is 11.6 Å². The second kappa shape index (κ2) is 8.94. The summed E-state index contributed by atoms with van der Waals surface area (Å²) in [5.41, 5.74) is 5.79. The number of benzene rings is 1. The second-order valence-electron chi connectivity index (χ2n) is 6.04. The largest absolute Gasteiger partial charge is 0.490 e. The number of likely N-dealkylation sites (tertiary alicyclic amines) is 1. The van der Waals surface area contributed by atoms with Crippen molar-refractivity contribution in [3.05, 3.63) is 22.7 Å². The molecule has 0 saturated carbocycles. The maximum absolute atomic E-state index is 12.8. The molecule has 1 fully saturated rings. The van der Waals surface area contributed by atoms with Gasteiger partial charge in [-0.2, -0.15) is 0 Å². The molecule has 1 saturated heterocycles. The molecule has 1 aromatic carbocycles. The predicted octanol–water partition coefficient (Wildman–Crippen LogP) is 2.87. The summed E-state index contributed by atoms with van der Waals surface area (Å²) in [6.45, 7) is 5.83. The molecule has 0 unspecified atom stereocenters. The fraction of sp³-hybridized carbons (Fsp3) is 0.556. The lowest BCUT2D eigenvalue weighted by molar-refractivity contribution is -0.123. The van der Waals surface area contributed by atoms with Crippen LogP contribution in [0.5, 0.6) is 11.5 Å². The van der Waals surface area contributed by atoms with Crippen molar-refractivity contribution in [2.45, 2.75) is 33.1 Å². The number of rotatable bonds is 7. The summed E-state index contributed by atoms with van der Waals surface area (Å²) in [4.78, 5) is 25.7. The Kier molecular flexibility index (Phi) is 6.93. The van der Waals surface area contributed by atoms with Gasteiger partial charge in [-0.05, 0) is 38.3 Å². The number of primary amides is 1. The Morgan fingerprint density at radius 3 is 2.48 bits per heavy atom. The van der Waals surface area contributed by atoms with Crippen LogP contribution in [0, 0.1) is 5.92 Å². The Hall–Kier alpha value is -1.95. The van der Waals surface area contributed by atoms with Gasteiger partial charge in [0.25, 0.3) is 5.91 Å². The number of piperidine rings is 1. The van der Waals surface area contributed by atoms with E-state index in [2.05, 4.69) is 0 Å². The van der Waals surface area contributed by atoms with Crippen LogP contribution in [-0.2, 0) is 4.79 Å². The van der Waals surface area contributed by atoms with Gasteiger partial charge in [0.1, 0.15) is 0 Å². The van der Waals surface area contributed by atoms with Crippen molar-refractivity contribution in [3.63, 3.8) is 0 Å². The van der Waals surface area contributed by atoms with E-state index in [9.17, 15) is 9.59 Å². The van der Waals surface area contributed by atoms with E-state index in [4.69, 9.17) is 26.8 Å². The maximum Gasteiger partial charge on any atom is 0.254 e. The van der Waals surface area contributed by atoms with E-state index < -0.39 is 0 Å². The topological polar surface area (TPSA) is 81.9 Å². The van der Waals surface area contributed by atoms with Gasteiger partial charge < -0.3 is 20.1 Å². The summed E-state index contributed by atoms with van der Waals surface area (Å²) in [6.07, 6.45) is 2.02. The molecule has 138 valence electrons. The molecule has 25 heavy (non-hydrogen) atoms. The summed E-state index contributed by atoms with van der Waals surface area (Å²) < 4.78 is 11.3. The minimum absolute atomic E-state index is 0.132. The van der Waals surface area contributed by atoms with Crippen molar-refractivity contribution in [2.24, 2.45) is 11.7 Å². The number of nitrogens with zero attached hydrogens (tertiary/aromatic N) is 1. The van der Waals surface area contributed by atoms with E-state index in [1.54, 1.807) is 17.0 Å². The van der Waals surface area contributed by atoms with Crippen molar-refractivity contribution >= 4 is 23.4 Å². The van der Waals surface area contributed by atoms with Gasteiger partial charge >= 0.3 is 0 Å². The summed E-state index contributed by atoms with van der Waals surface area (Å²) in [5, 5.41) is 0.356. The molecule has 0 atom stereocenters. The highest BCUT2D eigenvalue weighted by Crippen LogP contribution is 2.37. The van der Waals surface area contributed by atoms with Crippen molar-refractivity contribution in [1.29, 1.82) is 0 Å². The van der Waals surface area contributed by atoms with Crippen molar-refractivity contribution in [2.75, 3.05) is 26.3 Å². The number of hydrogen-bond acceptors (Lipinski definition) is 4. The van der Waals surface area contributed by atoms with E-state index in [1.807, 2.05) is 13.8 Å². The quantitative estimate of drug-likeness (QED) is 0.802. The SMILES string of the molecule is CCCOc1c(Cl)cc(C(=O)N2CCC(C(N)=O)CC2)cc1OCC. The van der Waals surface area contributed by atoms with Crippen LogP contribution in [-0.4, -0.2) is 43.0 Å². The number of halogens is 1. The maximum atomic E-state index is 12.8. The third-order valence-electron chi connectivity index (χ3n) is 4.19. The zero-order valence-electron chi connectivity index (χ0n) is 14.7. The van der Waals surface area contributed by atoms with Crippen LogP contribution in [0.1, 0.15) is 43.5 Å². The minimum atomic E-state index is -0.300. The van der Waals surface area contributed by atoms with E-state index >= 15 is 0 Å². The van der Waals surface area contributed by atoms with Gasteiger partial charge in [0.2, 0.25) is 5.91 Å². The number of nitrogens with two attached hydrogens (primary N) is 1. The molecule has 6 nitrogen and oxygen atoms in total. The molecule has 0 aromatic heterocycles. The van der Waals surface area contributed by atoms with Gasteiger partial charge in [-0.15, -0.1) is 0 Å². The Labute approximate surface area is 153 Å². The number of hydrogen-bond donors (Lipinski definition) is 1. The molecule has 2 amide bonds. The zero-order valence-corrected chi connectivity index (χ0v) is 15.5. The lowest BCUT2D eigenvalue weighted by Gasteiger charge is -2.30. The summed E-state index contributed by atoms with van der Waals surface area (Å²) >= 11 is 6.32. The van der Waals surface area contributed by atoms with E-state index in [0.29, 0.717) is 61.2 Å². The zero-order chi connectivity index (χ0) is 18.4. The predicted molar refractivity (Wildman–Crippen MR) is 96.2 cm³/mol. The Morgan fingerprint density at radius 2 is 1.92 bits per heavy atom. The van der Waals surface area contributed by atoms with Crippen LogP contribution in [0.3, 0.4) is 0 Å². The van der Waals surface area contributed by atoms with E-state index in [-0.39, 0.29) is 17.7 Å². The van der Waals surface area contributed by atoms with Crippen molar-refractivity contribution in [1.82, 2.24) is 4.90 Å². The first-order chi connectivity index (χ1) is 12.0. The van der Waals surface area contributed by atoms with Crippen LogP contribution in [0.2, 0.25) is 5.02 Å². The lowest BCUT2D eigenvalue weighted by Crippen LogP contribution is -2.41. The van der Waals surface area contributed by atoms with Gasteiger partial charge in [-0.25, -0.2) is 0 Å². The first-order valence-corrected chi connectivity index (χ1v) is 9.03. The molecule has 1 aliphatic rings.